The number of benzene rings is 1. The topological polar surface area (TPSA) is 79.0 Å². The van der Waals surface area contributed by atoms with Crippen LogP contribution in [0.3, 0.4) is 0 Å². The van der Waals surface area contributed by atoms with E-state index in [4.69, 9.17) is 0 Å². The number of aromatic nitrogens is 3. The Labute approximate surface area is 139 Å². The van der Waals surface area contributed by atoms with Crippen LogP contribution in [0.4, 0.5) is 5.69 Å². The van der Waals surface area contributed by atoms with Crippen molar-refractivity contribution in [1.82, 2.24) is 15.2 Å². The molecule has 0 spiro atoms. The quantitative estimate of drug-likeness (QED) is 0.739. The summed E-state index contributed by atoms with van der Waals surface area (Å²) in [5.41, 5.74) is 1.51. The van der Waals surface area contributed by atoms with Crippen molar-refractivity contribution in [2.45, 2.75) is 22.9 Å². The first-order valence-corrected chi connectivity index (χ1v) is 8.72. The van der Waals surface area contributed by atoms with Crippen LogP contribution >= 0.6 is 23.1 Å². The van der Waals surface area contributed by atoms with Crippen LogP contribution < -0.4 is 4.90 Å². The minimum Gasteiger partial charge on any atom is -0.361 e. The van der Waals surface area contributed by atoms with Gasteiger partial charge in [-0.2, -0.15) is 0 Å². The number of nitrogens with zero attached hydrogens (tertiary/aromatic N) is 3. The second kappa shape index (κ2) is 5.47. The van der Waals surface area contributed by atoms with Crippen LogP contribution in [-0.2, 0) is 9.59 Å². The summed E-state index contributed by atoms with van der Waals surface area (Å²) in [5.74, 6) is -0.376. The number of thioether (sulfide) groups is 1. The van der Waals surface area contributed by atoms with E-state index in [1.807, 2.05) is 31.3 Å². The van der Waals surface area contributed by atoms with E-state index in [1.54, 1.807) is 6.07 Å². The highest BCUT2D eigenvalue weighted by Crippen LogP contribution is 2.35. The molecule has 0 saturated carbocycles. The maximum atomic E-state index is 12.6. The lowest BCUT2D eigenvalue weighted by Gasteiger charge is -2.14. The maximum Gasteiger partial charge on any atom is 0.247 e. The van der Waals surface area contributed by atoms with E-state index in [1.165, 1.54) is 28.0 Å². The minimum atomic E-state index is -0.436. The standard InChI is InChI=1S/C15H12N4O2S2/c1-8-17-18-15(22-8)23-12-7-13(20)19(14(12)21)10-3-2-9-4-5-16-11(9)6-10/h2-6,12,16H,7H2,1H3. The van der Waals surface area contributed by atoms with Crippen molar-refractivity contribution < 1.29 is 9.59 Å². The molecular weight excluding hydrogens is 332 g/mol. The molecule has 2 amide bonds. The molecule has 6 nitrogen and oxygen atoms in total. The molecular formula is C15H12N4O2S2. The molecule has 0 bridgehead atoms. The van der Waals surface area contributed by atoms with Gasteiger partial charge in [-0.25, -0.2) is 4.90 Å². The van der Waals surface area contributed by atoms with Gasteiger partial charge in [0.25, 0.3) is 0 Å². The number of anilines is 1. The lowest BCUT2D eigenvalue weighted by Crippen LogP contribution is -2.31. The predicted octanol–water partition coefficient (Wildman–Crippen LogP) is 2.75. The fraction of sp³-hybridized carbons (Fsp3) is 0.200. The highest BCUT2D eigenvalue weighted by atomic mass is 32.2. The number of hydrogen-bond acceptors (Lipinski definition) is 6. The van der Waals surface area contributed by atoms with E-state index < -0.39 is 5.25 Å². The van der Waals surface area contributed by atoms with Gasteiger partial charge in [-0.05, 0) is 30.5 Å². The molecule has 116 valence electrons. The van der Waals surface area contributed by atoms with Gasteiger partial charge in [-0.3, -0.25) is 9.59 Å². The van der Waals surface area contributed by atoms with E-state index in [2.05, 4.69) is 15.2 Å². The Balaban J connectivity index is 1.61. The number of aryl methyl sites for hydroxylation is 1. The van der Waals surface area contributed by atoms with Crippen LogP contribution in [0.15, 0.2) is 34.8 Å². The highest BCUT2D eigenvalue weighted by molar-refractivity contribution is 8.02. The number of rotatable bonds is 3. The van der Waals surface area contributed by atoms with Gasteiger partial charge >= 0.3 is 0 Å². The molecule has 23 heavy (non-hydrogen) atoms. The number of carbonyl (C=O) groups excluding carboxylic acids is 2. The van der Waals surface area contributed by atoms with Crippen molar-refractivity contribution in [2.75, 3.05) is 4.90 Å². The van der Waals surface area contributed by atoms with Crippen LogP contribution in [0.2, 0.25) is 0 Å². The van der Waals surface area contributed by atoms with Crippen molar-refractivity contribution in [2.24, 2.45) is 0 Å². The Morgan fingerprint density at radius 3 is 2.96 bits per heavy atom. The van der Waals surface area contributed by atoms with Crippen LogP contribution in [0.1, 0.15) is 11.4 Å². The zero-order chi connectivity index (χ0) is 16.0. The molecule has 3 aromatic rings. The SMILES string of the molecule is Cc1nnc(SC2CC(=O)N(c3ccc4cc[nH]c4c3)C2=O)s1. The van der Waals surface area contributed by atoms with Gasteiger partial charge in [0, 0.05) is 18.1 Å². The molecule has 8 heteroatoms. The van der Waals surface area contributed by atoms with Gasteiger partial charge in [-0.1, -0.05) is 29.2 Å². The molecule has 1 aliphatic rings. The summed E-state index contributed by atoms with van der Waals surface area (Å²) in [4.78, 5) is 29.3. The third kappa shape index (κ3) is 2.53. The fourth-order valence-corrected chi connectivity index (χ4v) is 4.67. The molecule has 0 aliphatic carbocycles. The molecule has 0 radical (unpaired) electrons. The third-order valence-electron chi connectivity index (χ3n) is 3.65. The Morgan fingerprint density at radius 1 is 1.30 bits per heavy atom. The summed E-state index contributed by atoms with van der Waals surface area (Å²) in [6.07, 6.45) is 2.02. The van der Waals surface area contributed by atoms with Crippen LogP contribution in [-0.4, -0.2) is 32.2 Å². The lowest BCUT2D eigenvalue weighted by molar-refractivity contribution is -0.121. The van der Waals surface area contributed by atoms with Crippen molar-refractivity contribution in [1.29, 1.82) is 0 Å². The Morgan fingerprint density at radius 2 is 2.17 bits per heavy atom. The number of aromatic amines is 1. The van der Waals surface area contributed by atoms with Gasteiger partial charge in [0.05, 0.1) is 5.69 Å². The number of carbonyl (C=O) groups is 2. The van der Waals surface area contributed by atoms with Gasteiger partial charge in [0.2, 0.25) is 11.8 Å². The zero-order valence-corrected chi connectivity index (χ0v) is 13.8. The predicted molar refractivity (Wildman–Crippen MR) is 89.7 cm³/mol. The first kappa shape index (κ1) is 14.4. The Bertz CT molecular complexity index is 917. The largest absolute Gasteiger partial charge is 0.361 e. The Kier molecular flexibility index (Phi) is 3.42. The van der Waals surface area contributed by atoms with E-state index in [0.717, 1.165) is 20.3 Å². The van der Waals surface area contributed by atoms with Gasteiger partial charge < -0.3 is 4.98 Å². The first-order valence-electron chi connectivity index (χ1n) is 7.02. The summed E-state index contributed by atoms with van der Waals surface area (Å²) in [7, 11) is 0. The number of imide groups is 1. The van der Waals surface area contributed by atoms with Gasteiger partial charge in [-0.15, -0.1) is 10.2 Å². The molecule has 3 heterocycles. The lowest BCUT2D eigenvalue weighted by atomic mass is 10.2. The van der Waals surface area contributed by atoms with E-state index in [9.17, 15) is 9.59 Å². The molecule has 1 atom stereocenters. The summed E-state index contributed by atoms with van der Waals surface area (Å²) in [6.45, 7) is 1.86. The number of hydrogen-bond donors (Lipinski definition) is 1. The third-order valence-corrected chi connectivity index (χ3v) is 5.76. The average Bonchev–Trinajstić information content (AvgIpc) is 3.20. The molecule has 1 N–H and O–H groups in total. The fourth-order valence-electron chi connectivity index (χ4n) is 2.59. The van der Waals surface area contributed by atoms with Gasteiger partial charge in [0.1, 0.15) is 10.3 Å². The molecule has 1 aromatic carbocycles. The zero-order valence-electron chi connectivity index (χ0n) is 12.1. The normalized spacial score (nSPS) is 18.3. The van der Waals surface area contributed by atoms with E-state index in [-0.39, 0.29) is 18.2 Å². The number of amides is 2. The highest BCUT2D eigenvalue weighted by Gasteiger charge is 2.40. The van der Waals surface area contributed by atoms with Crippen LogP contribution in [0.5, 0.6) is 0 Å². The van der Waals surface area contributed by atoms with Crippen LogP contribution in [0, 0.1) is 6.92 Å². The van der Waals surface area contributed by atoms with E-state index >= 15 is 0 Å². The van der Waals surface area contributed by atoms with Crippen molar-refractivity contribution >= 4 is 51.5 Å². The molecule has 4 rings (SSSR count). The molecule has 1 aliphatic heterocycles. The van der Waals surface area contributed by atoms with Crippen LogP contribution in [0.25, 0.3) is 10.9 Å². The van der Waals surface area contributed by atoms with Crippen molar-refractivity contribution in [3.05, 3.63) is 35.5 Å². The second-order valence-corrected chi connectivity index (χ2v) is 7.85. The smallest absolute Gasteiger partial charge is 0.247 e. The minimum absolute atomic E-state index is 0.181. The number of fused-ring (bicyclic) bond motifs is 1. The van der Waals surface area contributed by atoms with E-state index in [0.29, 0.717) is 5.69 Å². The monoisotopic (exact) mass is 344 g/mol. The molecule has 2 aromatic heterocycles. The molecule has 1 unspecified atom stereocenters. The summed E-state index contributed by atoms with van der Waals surface area (Å²) >= 11 is 2.74. The first-order chi connectivity index (χ1) is 11.1. The summed E-state index contributed by atoms with van der Waals surface area (Å²) in [5, 5.41) is 9.41. The summed E-state index contributed by atoms with van der Waals surface area (Å²) < 4.78 is 0.718. The number of H-pyrrole nitrogens is 1. The number of nitrogens with one attached hydrogen (secondary N) is 1. The van der Waals surface area contributed by atoms with Gasteiger partial charge in [0.15, 0.2) is 4.34 Å². The Hall–Kier alpha value is -2.19. The van der Waals surface area contributed by atoms with Crippen molar-refractivity contribution in [3.8, 4) is 0 Å². The summed E-state index contributed by atoms with van der Waals surface area (Å²) in [6, 6.07) is 7.47. The molecule has 1 saturated heterocycles. The molecule has 1 fully saturated rings. The second-order valence-electron chi connectivity index (χ2n) is 5.21. The average molecular weight is 344 g/mol. The maximum absolute atomic E-state index is 12.6. The van der Waals surface area contributed by atoms with Crippen molar-refractivity contribution in [3.63, 3.8) is 0 Å².